The van der Waals surface area contributed by atoms with Crippen LogP contribution < -0.4 is 5.32 Å². The van der Waals surface area contributed by atoms with Crippen LogP contribution in [0.15, 0.2) is 18.2 Å². The molecule has 1 rings (SSSR count). The number of benzene rings is 1. The SMILES string of the molecule is O=C(NCCS)c1c(F)cccc1Cl. The van der Waals surface area contributed by atoms with Gasteiger partial charge in [-0.25, -0.2) is 4.39 Å². The molecule has 0 atom stereocenters. The Bertz CT molecular complexity index is 325. The Morgan fingerprint density at radius 1 is 1.57 bits per heavy atom. The third kappa shape index (κ3) is 2.62. The molecule has 0 saturated heterocycles. The van der Waals surface area contributed by atoms with Crippen LogP contribution in [0.4, 0.5) is 4.39 Å². The van der Waals surface area contributed by atoms with Gasteiger partial charge in [-0.1, -0.05) is 17.7 Å². The van der Waals surface area contributed by atoms with Crippen molar-refractivity contribution >= 4 is 30.1 Å². The molecule has 1 aromatic rings. The number of rotatable bonds is 3. The third-order valence-electron chi connectivity index (χ3n) is 1.59. The lowest BCUT2D eigenvalue weighted by Gasteiger charge is -2.05. The number of halogens is 2. The Labute approximate surface area is 91.9 Å². The molecule has 2 nitrogen and oxygen atoms in total. The second-order valence-electron chi connectivity index (χ2n) is 2.58. The maximum atomic E-state index is 13.2. The topological polar surface area (TPSA) is 29.1 Å². The molecular weight excluding hydrogens is 225 g/mol. The predicted octanol–water partition coefficient (Wildman–Crippen LogP) is 2.14. The van der Waals surface area contributed by atoms with Crippen LogP contribution in [-0.4, -0.2) is 18.2 Å². The first-order valence-electron chi connectivity index (χ1n) is 4.00. The molecule has 0 radical (unpaired) electrons. The number of hydrogen-bond donors (Lipinski definition) is 2. The van der Waals surface area contributed by atoms with Crippen molar-refractivity contribution in [3.05, 3.63) is 34.6 Å². The standard InChI is InChI=1S/C9H9ClFNOS/c10-6-2-1-3-7(11)8(6)9(13)12-4-5-14/h1-3,14H,4-5H2,(H,12,13). The average molecular weight is 234 g/mol. The molecule has 0 aromatic heterocycles. The zero-order valence-electron chi connectivity index (χ0n) is 7.26. The zero-order chi connectivity index (χ0) is 10.6. The largest absolute Gasteiger partial charge is 0.351 e. The van der Waals surface area contributed by atoms with Crippen LogP contribution in [0.3, 0.4) is 0 Å². The summed E-state index contributed by atoms with van der Waals surface area (Å²) in [6.45, 7) is 0.382. The van der Waals surface area contributed by atoms with E-state index < -0.39 is 11.7 Å². The van der Waals surface area contributed by atoms with Gasteiger partial charge >= 0.3 is 0 Å². The van der Waals surface area contributed by atoms with Crippen LogP contribution in [0, 0.1) is 5.82 Å². The summed E-state index contributed by atoms with van der Waals surface area (Å²) < 4.78 is 13.2. The van der Waals surface area contributed by atoms with E-state index in [9.17, 15) is 9.18 Å². The minimum atomic E-state index is -0.617. The van der Waals surface area contributed by atoms with Gasteiger partial charge in [0.15, 0.2) is 0 Å². The smallest absolute Gasteiger partial charge is 0.255 e. The lowest BCUT2D eigenvalue weighted by atomic mass is 10.2. The fraction of sp³-hybridized carbons (Fsp3) is 0.222. The van der Waals surface area contributed by atoms with Crippen LogP contribution in [-0.2, 0) is 0 Å². The highest BCUT2D eigenvalue weighted by atomic mass is 35.5. The monoisotopic (exact) mass is 233 g/mol. The highest BCUT2D eigenvalue weighted by Crippen LogP contribution is 2.18. The van der Waals surface area contributed by atoms with Gasteiger partial charge in [-0.15, -0.1) is 0 Å². The van der Waals surface area contributed by atoms with Gasteiger partial charge in [0.1, 0.15) is 5.82 Å². The summed E-state index contributed by atoms with van der Waals surface area (Å²) in [7, 11) is 0. The fourth-order valence-corrected chi connectivity index (χ4v) is 1.33. The Morgan fingerprint density at radius 3 is 2.86 bits per heavy atom. The van der Waals surface area contributed by atoms with E-state index in [0.717, 1.165) is 0 Å². The molecule has 14 heavy (non-hydrogen) atoms. The van der Waals surface area contributed by atoms with Gasteiger partial charge in [0.2, 0.25) is 0 Å². The van der Waals surface area contributed by atoms with Crippen LogP contribution in [0.25, 0.3) is 0 Å². The lowest BCUT2D eigenvalue weighted by molar-refractivity contribution is 0.0952. The van der Waals surface area contributed by atoms with E-state index >= 15 is 0 Å². The molecule has 0 aliphatic carbocycles. The molecule has 0 aliphatic heterocycles. The van der Waals surface area contributed by atoms with Crippen molar-refractivity contribution in [2.75, 3.05) is 12.3 Å². The van der Waals surface area contributed by atoms with Gasteiger partial charge in [-0.2, -0.15) is 12.6 Å². The van der Waals surface area contributed by atoms with Gasteiger partial charge in [-0.3, -0.25) is 4.79 Å². The number of amides is 1. The van der Waals surface area contributed by atoms with Gasteiger partial charge < -0.3 is 5.32 Å². The number of hydrogen-bond acceptors (Lipinski definition) is 2. The minimum absolute atomic E-state index is 0.113. The van der Waals surface area contributed by atoms with E-state index in [4.69, 9.17) is 11.6 Å². The van der Waals surface area contributed by atoms with Crippen molar-refractivity contribution in [3.63, 3.8) is 0 Å². The Kier molecular flexibility index (Phi) is 4.22. The molecule has 0 bridgehead atoms. The second-order valence-corrected chi connectivity index (χ2v) is 3.43. The highest BCUT2D eigenvalue weighted by Gasteiger charge is 2.14. The molecule has 0 aliphatic rings. The summed E-state index contributed by atoms with van der Waals surface area (Å²) in [5.74, 6) is -0.631. The van der Waals surface area contributed by atoms with Crippen LogP contribution in [0.2, 0.25) is 5.02 Å². The fourth-order valence-electron chi connectivity index (χ4n) is 0.973. The van der Waals surface area contributed by atoms with E-state index in [1.54, 1.807) is 0 Å². The molecule has 0 heterocycles. The maximum Gasteiger partial charge on any atom is 0.255 e. The first kappa shape index (κ1) is 11.3. The molecule has 1 amide bonds. The predicted molar refractivity (Wildman–Crippen MR) is 57.6 cm³/mol. The van der Waals surface area contributed by atoms with Crippen molar-refractivity contribution in [1.29, 1.82) is 0 Å². The van der Waals surface area contributed by atoms with Crippen molar-refractivity contribution in [1.82, 2.24) is 5.32 Å². The lowest BCUT2D eigenvalue weighted by Crippen LogP contribution is -2.26. The third-order valence-corrected chi connectivity index (χ3v) is 2.13. The maximum absolute atomic E-state index is 13.2. The molecular formula is C9H9ClFNOS. The Hall–Kier alpha value is -0.740. The highest BCUT2D eigenvalue weighted by molar-refractivity contribution is 7.80. The Morgan fingerprint density at radius 2 is 2.29 bits per heavy atom. The van der Waals surface area contributed by atoms with Crippen molar-refractivity contribution in [2.24, 2.45) is 0 Å². The van der Waals surface area contributed by atoms with E-state index in [-0.39, 0.29) is 10.6 Å². The molecule has 0 unspecified atom stereocenters. The zero-order valence-corrected chi connectivity index (χ0v) is 8.91. The van der Waals surface area contributed by atoms with E-state index in [0.29, 0.717) is 12.3 Å². The minimum Gasteiger partial charge on any atom is -0.351 e. The summed E-state index contributed by atoms with van der Waals surface area (Å²) in [6, 6.07) is 4.12. The normalized spacial score (nSPS) is 9.93. The van der Waals surface area contributed by atoms with E-state index in [2.05, 4.69) is 17.9 Å². The first-order chi connectivity index (χ1) is 6.66. The quantitative estimate of drug-likeness (QED) is 0.770. The summed E-state index contributed by atoms with van der Waals surface area (Å²) in [6.07, 6.45) is 0. The molecule has 0 fully saturated rings. The summed E-state index contributed by atoms with van der Waals surface area (Å²) in [5.41, 5.74) is -0.115. The Balaban J connectivity index is 2.89. The van der Waals surface area contributed by atoms with Crippen molar-refractivity contribution < 1.29 is 9.18 Å². The number of carbonyl (C=O) groups is 1. The van der Waals surface area contributed by atoms with Gasteiger partial charge in [0.25, 0.3) is 5.91 Å². The molecule has 5 heteroatoms. The summed E-state index contributed by atoms with van der Waals surface area (Å²) in [5, 5.41) is 2.60. The number of carbonyl (C=O) groups excluding carboxylic acids is 1. The number of nitrogens with one attached hydrogen (secondary N) is 1. The van der Waals surface area contributed by atoms with Crippen molar-refractivity contribution in [2.45, 2.75) is 0 Å². The van der Waals surface area contributed by atoms with E-state index in [1.807, 2.05) is 0 Å². The molecule has 1 aromatic carbocycles. The van der Waals surface area contributed by atoms with E-state index in [1.165, 1.54) is 18.2 Å². The van der Waals surface area contributed by atoms with Crippen LogP contribution >= 0.6 is 24.2 Å². The first-order valence-corrected chi connectivity index (χ1v) is 5.01. The molecule has 0 spiro atoms. The van der Waals surface area contributed by atoms with Crippen LogP contribution in [0.1, 0.15) is 10.4 Å². The molecule has 1 N–H and O–H groups in total. The van der Waals surface area contributed by atoms with Gasteiger partial charge in [-0.05, 0) is 12.1 Å². The van der Waals surface area contributed by atoms with Crippen molar-refractivity contribution in [3.8, 4) is 0 Å². The summed E-state index contributed by atoms with van der Waals surface area (Å²) >= 11 is 9.60. The molecule has 0 saturated carbocycles. The summed E-state index contributed by atoms with van der Waals surface area (Å²) in [4.78, 5) is 11.4. The molecule has 76 valence electrons. The average Bonchev–Trinajstić information content (AvgIpc) is 2.14. The van der Waals surface area contributed by atoms with Gasteiger partial charge in [0, 0.05) is 12.3 Å². The van der Waals surface area contributed by atoms with Crippen LogP contribution in [0.5, 0.6) is 0 Å². The second kappa shape index (κ2) is 5.22. The number of thiol groups is 1. The van der Waals surface area contributed by atoms with Gasteiger partial charge in [0.05, 0.1) is 10.6 Å².